The second-order valence-electron chi connectivity index (χ2n) is 3.36. The first-order valence-electron chi connectivity index (χ1n) is 4.81. The van der Waals surface area contributed by atoms with Crippen LogP contribution in [0.25, 0.3) is 0 Å². The van der Waals surface area contributed by atoms with E-state index >= 15 is 0 Å². The topological polar surface area (TPSA) is 63.8 Å². The third-order valence-electron chi connectivity index (χ3n) is 2.09. The van der Waals surface area contributed by atoms with E-state index in [2.05, 4.69) is 15.4 Å². The van der Waals surface area contributed by atoms with E-state index in [1.54, 1.807) is 0 Å². The molecule has 0 saturated heterocycles. The van der Waals surface area contributed by atoms with Crippen molar-refractivity contribution in [3.8, 4) is 0 Å². The fourth-order valence-electron chi connectivity index (χ4n) is 1.31. The average molecular weight is 234 g/mol. The van der Waals surface area contributed by atoms with Gasteiger partial charge in [0.25, 0.3) is 0 Å². The molecule has 1 heterocycles. The molecule has 0 aliphatic carbocycles. The number of aromatic nitrogens is 2. The molecular weight excluding hydrogens is 221 g/mol. The van der Waals surface area contributed by atoms with Crippen LogP contribution < -0.4 is 11.3 Å². The van der Waals surface area contributed by atoms with E-state index < -0.39 is 18.6 Å². The van der Waals surface area contributed by atoms with E-state index in [9.17, 15) is 13.2 Å². The van der Waals surface area contributed by atoms with Crippen molar-refractivity contribution in [1.29, 1.82) is 0 Å². The van der Waals surface area contributed by atoms with Crippen LogP contribution in [-0.4, -0.2) is 16.1 Å². The van der Waals surface area contributed by atoms with Gasteiger partial charge in [0.15, 0.2) is 0 Å². The van der Waals surface area contributed by atoms with E-state index in [-0.39, 0.29) is 12.8 Å². The Labute approximate surface area is 91.1 Å². The van der Waals surface area contributed by atoms with Crippen LogP contribution in [0.15, 0.2) is 18.6 Å². The fraction of sp³-hybridized carbons (Fsp3) is 0.556. The lowest BCUT2D eigenvalue weighted by Gasteiger charge is -2.15. The Bertz CT molecular complexity index is 301. The number of hydrogen-bond donors (Lipinski definition) is 2. The first kappa shape index (κ1) is 12.9. The Balaban J connectivity index is 2.45. The summed E-state index contributed by atoms with van der Waals surface area (Å²) in [5, 5.41) is 0. The lowest BCUT2D eigenvalue weighted by Crippen LogP contribution is -2.29. The number of nitrogens with one attached hydrogen (secondary N) is 1. The Kier molecular flexibility index (Phi) is 4.63. The highest BCUT2D eigenvalue weighted by molar-refractivity contribution is 5.01. The molecule has 1 aromatic rings. The Hall–Kier alpha value is -1.21. The number of halogens is 3. The summed E-state index contributed by atoms with van der Waals surface area (Å²) in [5.74, 6) is 5.26. The van der Waals surface area contributed by atoms with Crippen LogP contribution in [0.5, 0.6) is 0 Å². The molecule has 0 aromatic carbocycles. The average Bonchev–Trinajstić information content (AvgIpc) is 2.24. The molecule has 4 nitrogen and oxygen atoms in total. The normalized spacial score (nSPS) is 13.8. The van der Waals surface area contributed by atoms with E-state index in [0.717, 1.165) is 0 Å². The first-order chi connectivity index (χ1) is 7.53. The summed E-state index contributed by atoms with van der Waals surface area (Å²) in [5.41, 5.74) is 2.98. The van der Waals surface area contributed by atoms with Gasteiger partial charge >= 0.3 is 6.18 Å². The van der Waals surface area contributed by atoms with Crippen LogP contribution in [-0.2, 0) is 0 Å². The molecule has 0 spiro atoms. The number of rotatable bonds is 5. The molecule has 0 radical (unpaired) electrons. The highest BCUT2D eigenvalue weighted by atomic mass is 19.4. The van der Waals surface area contributed by atoms with Crippen molar-refractivity contribution in [1.82, 2.24) is 15.4 Å². The molecule has 1 unspecified atom stereocenters. The highest BCUT2D eigenvalue weighted by Gasteiger charge is 2.26. The van der Waals surface area contributed by atoms with Gasteiger partial charge < -0.3 is 0 Å². The quantitative estimate of drug-likeness (QED) is 0.601. The maximum Gasteiger partial charge on any atom is 0.389 e. The van der Waals surface area contributed by atoms with Crippen LogP contribution in [0.4, 0.5) is 13.2 Å². The minimum absolute atomic E-state index is 0.00887. The molecule has 1 atom stereocenters. The van der Waals surface area contributed by atoms with Crippen molar-refractivity contribution in [3.05, 3.63) is 24.3 Å². The molecule has 0 fully saturated rings. The van der Waals surface area contributed by atoms with Gasteiger partial charge in [0, 0.05) is 18.8 Å². The monoisotopic (exact) mass is 234 g/mol. The summed E-state index contributed by atoms with van der Waals surface area (Å²) >= 11 is 0. The third kappa shape index (κ3) is 4.54. The van der Waals surface area contributed by atoms with Gasteiger partial charge in [-0.3, -0.25) is 21.2 Å². The van der Waals surface area contributed by atoms with E-state index in [0.29, 0.717) is 5.69 Å². The van der Waals surface area contributed by atoms with Crippen LogP contribution >= 0.6 is 0 Å². The van der Waals surface area contributed by atoms with E-state index in [1.165, 1.54) is 18.6 Å². The zero-order chi connectivity index (χ0) is 12.0. The number of alkyl halides is 3. The molecule has 16 heavy (non-hydrogen) atoms. The molecule has 1 rings (SSSR count). The van der Waals surface area contributed by atoms with Gasteiger partial charge in [-0.1, -0.05) is 0 Å². The minimum Gasteiger partial charge on any atom is -0.271 e. The zero-order valence-electron chi connectivity index (χ0n) is 8.54. The standard InChI is InChI=1S/C9H13F3N4/c10-9(11,12)3-1-2-7(16-13)8-6-14-4-5-15-8/h4-7,16H,1-3,13H2. The second kappa shape index (κ2) is 5.76. The van der Waals surface area contributed by atoms with Crippen molar-refractivity contribution in [2.45, 2.75) is 31.5 Å². The molecule has 3 N–H and O–H groups in total. The van der Waals surface area contributed by atoms with Gasteiger partial charge in [-0.05, 0) is 12.8 Å². The highest BCUT2D eigenvalue weighted by Crippen LogP contribution is 2.25. The predicted octanol–water partition coefficient (Wildman–Crippen LogP) is 1.71. The Morgan fingerprint density at radius 2 is 2.12 bits per heavy atom. The van der Waals surface area contributed by atoms with Gasteiger partial charge in [0.2, 0.25) is 0 Å². The summed E-state index contributed by atoms with van der Waals surface area (Å²) in [6, 6.07) is -0.393. The Morgan fingerprint density at radius 1 is 1.38 bits per heavy atom. The molecule has 0 aliphatic rings. The number of hydrazine groups is 1. The third-order valence-corrected chi connectivity index (χ3v) is 2.09. The van der Waals surface area contributed by atoms with Crippen molar-refractivity contribution < 1.29 is 13.2 Å². The SMILES string of the molecule is NNC(CCCC(F)(F)F)c1cnccn1. The molecule has 0 aliphatic heterocycles. The van der Waals surface area contributed by atoms with Crippen LogP contribution in [0.1, 0.15) is 31.0 Å². The lowest BCUT2D eigenvalue weighted by atomic mass is 10.1. The minimum atomic E-state index is -4.12. The maximum atomic E-state index is 11.9. The largest absolute Gasteiger partial charge is 0.389 e. The second-order valence-corrected chi connectivity index (χ2v) is 3.36. The summed E-state index contributed by atoms with van der Waals surface area (Å²) in [7, 11) is 0. The van der Waals surface area contributed by atoms with Crippen molar-refractivity contribution in [3.63, 3.8) is 0 Å². The van der Waals surface area contributed by atoms with Crippen LogP contribution in [0.3, 0.4) is 0 Å². The number of nitrogens with zero attached hydrogens (tertiary/aromatic N) is 2. The van der Waals surface area contributed by atoms with E-state index in [4.69, 9.17) is 5.84 Å². The summed E-state index contributed by atoms with van der Waals surface area (Å²) in [4.78, 5) is 7.81. The molecule has 0 bridgehead atoms. The predicted molar refractivity (Wildman–Crippen MR) is 52.0 cm³/mol. The van der Waals surface area contributed by atoms with Gasteiger partial charge in [0.05, 0.1) is 17.9 Å². The number of nitrogens with two attached hydrogens (primary N) is 1. The fourth-order valence-corrected chi connectivity index (χ4v) is 1.31. The van der Waals surface area contributed by atoms with Crippen LogP contribution in [0.2, 0.25) is 0 Å². The van der Waals surface area contributed by atoms with Crippen molar-refractivity contribution in [2.24, 2.45) is 5.84 Å². The van der Waals surface area contributed by atoms with Gasteiger partial charge in [-0.2, -0.15) is 13.2 Å². The maximum absolute atomic E-state index is 11.9. The lowest BCUT2D eigenvalue weighted by molar-refractivity contribution is -0.135. The van der Waals surface area contributed by atoms with Crippen molar-refractivity contribution in [2.75, 3.05) is 0 Å². The molecular formula is C9H13F3N4. The summed E-state index contributed by atoms with van der Waals surface area (Å²) in [6.45, 7) is 0. The van der Waals surface area contributed by atoms with Gasteiger partial charge in [0.1, 0.15) is 0 Å². The Morgan fingerprint density at radius 3 is 2.62 bits per heavy atom. The van der Waals surface area contributed by atoms with Crippen molar-refractivity contribution >= 4 is 0 Å². The molecule has 7 heteroatoms. The molecule has 0 amide bonds. The molecule has 1 aromatic heterocycles. The first-order valence-corrected chi connectivity index (χ1v) is 4.81. The number of hydrogen-bond acceptors (Lipinski definition) is 4. The zero-order valence-corrected chi connectivity index (χ0v) is 8.54. The molecule has 90 valence electrons. The molecule has 0 saturated carbocycles. The van der Waals surface area contributed by atoms with E-state index in [1.807, 2.05) is 0 Å². The van der Waals surface area contributed by atoms with Gasteiger partial charge in [-0.15, -0.1) is 0 Å². The smallest absolute Gasteiger partial charge is 0.271 e. The van der Waals surface area contributed by atoms with Gasteiger partial charge in [-0.25, -0.2) is 0 Å². The van der Waals surface area contributed by atoms with Crippen LogP contribution in [0, 0.1) is 0 Å². The summed E-state index contributed by atoms with van der Waals surface area (Å²) in [6.07, 6.45) is -0.203. The summed E-state index contributed by atoms with van der Waals surface area (Å²) < 4.78 is 35.8.